The Balaban J connectivity index is 2.07. The molecule has 0 radical (unpaired) electrons. The summed E-state index contributed by atoms with van der Waals surface area (Å²) in [7, 11) is 0. The SMILES string of the molecule is N#CC1C(=N)Oc2ccc3ccc(O)cc3c2C1c1ccccc1. The van der Waals surface area contributed by atoms with Gasteiger partial charge in [0.25, 0.3) is 0 Å². The molecule has 0 saturated carbocycles. The molecule has 3 aromatic rings. The van der Waals surface area contributed by atoms with Gasteiger partial charge in [-0.2, -0.15) is 5.26 Å². The molecule has 0 aliphatic carbocycles. The van der Waals surface area contributed by atoms with Crippen molar-refractivity contribution in [1.82, 2.24) is 0 Å². The molecule has 3 aromatic carbocycles. The highest BCUT2D eigenvalue weighted by Crippen LogP contribution is 2.46. The smallest absolute Gasteiger partial charge is 0.205 e. The monoisotopic (exact) mass is 314 g/mol. The van der Waals surface area contributed by atoms with Gasteiger partial charge in [-0.15, -0.1) is 0 Å². The molecule has 4 heteroatoms. The minimum Gasteiger partial charge on any atom is -0.508 e. The maximum Gasteiger partial charge on any atom is 0.205 e. The molecule has 1 heterocycles. The van der Waals surface area contributed by atoms with Crippen LogP contribution in [0.25, 0.3) is 10.8 Å². The second kappa shape index (κ2) is 5.39. The van der Waals surface area contributed by atoms with E-state index in [1.54, 1.807) is 12.1 Å². The normalized spacial score (nSPS) is 19.4. The fourth-order valence-electron chi connectivity index (χ4n) is 3.37. The first-order valence-corrected chi connectivity index (χ1v) is 7.65. The van der Waals surface area contributed by atoms with E-state index in [1.165, 1.54) is 0 Å². The van der Waals surface area contributed by atoms with Crippen LogP contribution in [0.1, 0.15) is 17.0 Å². The Morgan fingerprint density at radius 2 is 1.79 bits per heavy atom. The van der Waals surface area contributed by atoms with Crippen molar-refractivity contribution >= 4 is 16.7 Å². The molecule has 0 fully saturated rings. The van der Waals surface area contributed by atoms with Crippen molar-refractivity contribution in [2.24, 2.45) is 5.92 Å². The van der Waals surface area contributed by atoms with Crippen LogP contribution >= 0.6 is 0 Å². The average Bonchev–Trinajstić information content (AvgIpc) is 2.61. The van der Waals surface area contributed by atoms with Crippen LogP contribution in [-0.2, 0) is 0 Å². The van der Waals surface area contributed by atoms with Crippen molar-refractivity contribution in [2.45, 2.75) is 5.92 Å². The number of aromatic hydroxyl groups is 1. The van der Waals surface area contributed by atoms with Gasteiger partial charge >= 0.3 is 0 Å². The second-order valence-electron chi connectivity index (χ2n) is 5.84. The first-order valence-electron chi connectivity index (χ1n) is 7.65. The first-order chi connectivity index (χ1) is 11.7. The fourth-order valence-corrected chi connectivity index (χ4v) is 3.37. The summed E-state index contributed by atoms with van der Waals surface area (Å²) in [5, 5.41) is 29.5. The lowest BCUT2D eigenvalue weighted by Gasteiger charge is -2.31. The summed E-state index contributed by atoms with van der Waals surface area (Å²) >= 11 is 0. The summed E-state index contributed by atoms with van der Waals surface area (Å²) in [6.07, 6.45) is 0. The summed E-state index contributed by atoms with van der Waals surface area (Å²) in [6.45, 7) is 0. The Morgan fingerprint density at radius 1 is 1.04 bits per heavy atom. The van der Waals surface area contributed by atoms with Crippen molar-refractivity contribution in [3.63, 3.8) is 0 Å². The molecule has 2 unspecified atom stereocenters. The molecule has 0 saturated heterocycles. The van der Waals surface area contributed by atoms with Gasteiger partial charge in [0.05, 0.1) is 6.07 Å². The fraction of sp³-hybridized carbons (Fsp3) is 0.100. The van der Waals surface area contributed by atoms with E-state index >= 15 is 0 Å². The predicted octanol–water partition coefficient (Wildman–Crippen LogP) is 4.19. The van der Waals surface area contributed by atoms with E-state index in [9.17, 15) is 10.4 Å². The van der Waals surface area contributed by atoms with Gasteiger partial charge in [-0.05, 0) is 34.5 Å². The lowest BCUT2D eigenvalue weighted by Crippen LogP contribution is -2.31. The van der Waals surface area contributed by atoms with Crippen molar-refractivity contribution in [3.05, 3.63) is 71.8 Å². The molecule has 0 spiro atoms. The quantitative estimate of drug-likeness (QED) is 0.707. The van der Waals surface area contributed by atoms with Crippen LogP contribution in [0.4, 0.5) is 0 Å². The highest BCUT2D eigenvalue weighted by Gasteiger charge is 2.37. The van der Waals surface area contributed by atoms with E-state index in [-0.39, 0.29) is 17.6 Å². The van der Waals surface area contributed by atoms with Crippen LogP contribution in [0, 0.1) is 22.7 Å². The van der Waals surface area contributed by atoms with Crippen molar-refractivity contribution in [1.29, 1.82) is 10.7 Å². The van der Waals surface area contributed by atoms with E-state index in [0.29, 0.717) is 5.75 Å². The maximum atomic E-state index is 9.92. The molecular formula is C20H14N2O2. The number of nitrogens with zero attached hydrogens (tertiary/aromatic N) is 1. The van der Waals surface area contributed by atoms with E-state index in [4.69, 9.17) is 10.1 Å². The Bertz CT molecular complexity index is 990. The van der Waals surface area contributed by atoms with Gasteiger partial charge < -0.3 is 9.84 Å². The van der Waals surface area contributed by atoms with Crippen molar-refractivity contribution < 1.29 is 9.84 Å². The molecule has 0 aromatic heterocycles. The average molecular weight is 314 g/mol. The van der Waals surface area contributed by atoms with Crippen LogP contribution in [0.2, 0.25) is 0 Å². The number of nitrogens with one attached hydrogen (secondary N) is 1. The van der Waals surface area contributed by atoms with Gasteiger partial charge in [0, 0.05) is 11.5 Å². The zero-order valence-electron chi connectivity index (χ0n) is 12.7. The summed E-state index contributed by atoms with van der Waals surface area (Å²) in [4.78, 5) is 0. The van der Waals surface area contributed by atoms with Crippen LogP contribution in [0.3, 0.4) is 0 Å². The van der Waals surface area contributed by atoms with Gasteiger partial charge in [-0.3, -0.25) is 5.41 Å². The standard InChI is InChI=1S/C20H14N2O2/c21-11-16-18(13-4-2-1-3-5-13)19-15-10-14(23)8-6-12(15)7-9-17(19)24-20(16)22/h1-10,16,18,22-23H. The van der Waals surface area contributed by atoms with E-state index in [0.717, 1.165) is 21.9 Å². The van der Waals surface area contributed by atoms with E-state index < -0.39 is 5.92 Å². The molecule has 1 aliphatic rings. The van der Waals surface area contributed by atoms with Gasteiger partial charge in [0.2, 0.25) is 5.90 Å². The molecule has 0 bridgehead atoms. The largest absolute Gasteiger partial charge is 0.508 e. The highest BCUT2D eigenvalue weighted by molar-refractivity contribution is 5.94. The zero-order chi connectivity index (χ0) is 16.7. The third-order valence-corrected chi connectivity index (χ3v) is 4.45. The number of ether oxygens (including phenoxy) is 1. The van der Waals surface area contributed by atoms with Gasteiger partial charge in [-0.25, -0.2) is 0 Å². The molecule has 2 N–H and O–H groups in total. The summed E-state index contributed by atoms with van der Waals surface area (Å²) < 4.78 is 5.61. The second-order valence-corrected chi connectivity index (χ2v) is 5.84. The van der Waals surface area contributed by atoms with Crippen molar-refractivity contribution in [2.75, 3.05) is 0 Å². The molecule has 24 heavy (non-hydrogen) atoms. The summed E-state index contributed by atoms with van der Waals surface area (Å²) in [5.41, 5.74) is 1.80. The molecule has 4 nitrogen and oxygen atoms in total. The number of benzene rings is 3. The lowest BCUT2D eigenvalue weighted by molar-refractivity contribution is 0.452. The third-order valence-electron chi connectivity index (χ3n) is 4.45. The number of hydrogen-bond acceptors (Lipinski definition) is 4. The third kappa shape index (κ3) is 2.10. The highest BCUT2D eigenvalue weighted by atomic mass is 16.5. The van der Waals surface area contributed by atoms with Crippen LogP contribution in [0.5, 0.6) is 11.5 Å². The molecule has 2 atom stereocenters. The predicted molar refractivity (Wildman–Crippen MR) is 91.4 cm³/mol. The number of nitriles is 1. The first kappa shape index (κ1) is 14.3. The maximum absolute atomic E-state index is 9.92. The zero-order valence-corrected chi connectivity index (χ0v) is 12.7. The molecule has 1 aliphatic heterocycles. The Morgan fingerprint density at radius 3 is 2.54 bits per heavy atom. The summed E-state index contributed by atoms with van der Waals surface area (Å²) in [6, 6.07) is 20.8. The number of phenols is 1. The Kier molecular flexibility index (Phi) is 3.21. The molecule has 116 valence electrons. The number of phenolic OH excluding ortho intramolecular Hbond substituents is 1. The molecule has 0 amide bonds. The minimum atomic E-state index is -0.701. The van der Waals surface area contributed by atoms with Gasteiger partial charge in [-0.1, -0.05) is 42.5 Å². The van der Waals surface area contributed by atoms with E-state index in [1.807, 2.05) is 48.5 Å². The topological polar surface area (TPSA) is 77.1 Å². The Hall–Kier alpha value is -3.32. The number of rotatable bonds is 1. The minimum absolute atomic E-state index is 0.0432. The van der Waals surface area contributed by atoms with Crippen LogP contribution in [0.15, 0.2) is 60.7 Å². The van der Waals surface area contributed by atoms with Crippen LogP contribution < -0.4 is 4.74 Å². The van der Waals surface area contributed by atoms with Gasteiger partial charge in [0.15, 0.2) is 0 Å². The van der Waals surface area contributed by atoms with Crippen LogP contribution in [-0.4, -0.2) is 11.0 Å². The lowest BCUT2D eigenvalue weighted by atomic mass is 9.77. The number of fused-ring (bicyclic) bond motifs is 3. The van der Waals surface area contributed by atoms with Gasteiger partial charge in [0.1, 0.15) is 17.4 Å². The summed E-state index contributed by atoms with van der Waals surface area (Å²) in [5.74, 6) is -0.320. The molecule has 4 rings (SSSR count). The van der Waals surface area contributed by atoms with E-state index in [2.05, 4.69) is 6.07 Å². The molecular weight excluding hydrogens is 300 g/mol. The number of hydrogen-bond donors (Lipinski definition) is 2. The Labute approximate surface area is 139 Å². The van der Waals surface area contributed by atoms with Crippen molar-refractivity contribution in [3.8, 4) is 17.6 Å².